The zero-order valence-corrected chi connectivity index (χ0v) is 13.0. The van der Waals surface area contributed by atoms with Crippen LogP contribution in [0.4, 0.5) is 0 Å². The van der Waals surface area contributed by atoms with Crippen LogP contribution in [0.1, 0.15) is 10.3 Å². The van der Waals surface area contributed by atoms with Gasteiger partial charge in [-0.25, -0.2) is 0 Å². The molecule has 1 rings (SSSR count). The van der Waals surface area contributed by atoms with E-state index in [2.05, 4.69) is 10.8 Å². The molecule has 0 spiro atoms. The minimum Gasteiger partial charge on any atom is -1.00 e. The Labute approximate surface area is 135 Å². The Morgan fingerprint density at radius 2 is 1.87 bits per heavy atom. The second-order valence-corrected chi connectivity index (χ2v) is 3.96. The van der Waals surface area contributed by atoms with E-state index in [9.17, 15) is 8.42 Å². The smallest absolute Gasteiger partial charge is 1.00 e. The van der Waals surface area contributed by atoms with E-state index in [1.54, 1.807) is 18.2 Å². The maximum atomic E-state index is 11.3. The fourth-order valence-corrected chi connectivity index (χ4v) is 1.69. The zero-order chi connectivity index (χ0) is 9.73. The maximum Gasteiger partial charge on any atom is 2.00 e. The quantitative estimate of drug-likeness (QED) is 0.473. The normalized spacial score (nSPS) is 9.60. The molecular weight excluding hydrogens is 338 g/mol. The van der Waals surface area contributed by atoms with Gasteiger partial charge in [0.2, 0.25) is 0 Å². The van der Waals surface area contributed by atoms with Gasteiger partial charge in [-0.2, -0.15) is 8.42 Å². The van der Waals surface area contributed by atoms with Crippen LogP contribution in [0.5, 0.6) is 0 Å². The first-order chi connectivity index (χ1) is 6.17. The van der Waals surface area contributed by atoms with Crippen molar-refractivity contribution >= 4 is 59.0 Å². The molecule has 15 heavy (non-hydrogen) atoms. The van der Waals surface area contributed by atoms with Crippen LogP contribution in [0.15, 0.2) is 47.9 Å². The van der Waals surface area contributed by atoms with Gasteiger partial charge >= 0.3 is 48.9 Å². The average Bonchev–Trinajstić information content (AvgIpc) is 2.16. The van der Waals surface area contributed by atoms with Crippen LogP contribution in [-0.2, 0) is 14.3 Å². The molecule has 5 heteroatoms. The Kier molecular flexibility index (Phi) is 10.2. The monoisotopic (exact) mass is 354 g/mol. The maximum absolute atomic E-state index is 11.3. The van der Waals surface area contributed by atoms with Crippen LogP contribution in [0.3, 0.4) is 0 Å². The first kappa shape index (κ1) is 17.8. The van der Waals surface area contributed by atoms with E-state index in [1.807, 2.05) is 0 Å². The molecular formula is C10H16BaO3S. The average molecular weight is 354 g/mol. The number of benzene rings is 1. The largest absolute Gasteiger partial charge is 2.00 e. The van der Waals surface area contributed by atoms with E-state index in [0.29, 0.717) is 0 Å². The fourth-order valence-electron chi connectivity index (χ4n) is 0.793. The molecule has 1 aromatic carbocycles. The van der Waals surface area contributed by atoms with Gasteiger partial charge in [-0.1, -0.05) is 31.7 Å². The number of rotatable bonds is 4. The van der Waals surface area contributed by atoms with Crippen molar-refractivity contribution in [1.82, 2.24) is 0 Å². The van der Waals surface area contributed by atoms with Gasteiger partial charge in [0.15, 0.2) is 0 Å². The minimum atomic E-state index is -3.59. The van der Waals surface area contributed by atoms with Crippen LogP contribution in [0.25, 0.3) is 0 Å². The molecule has 82 valence electrons. The van der Waals surface area contributed by atoms with Crippen LogP contribution in [0, 0.1) is 0 Å². The second-order valence-electron chi connectivity index (χ2n) is 2.34. The van der Waals surface area contributed by atoms with Gasteiger partial charge in [0, 0.05) is 0 Å². The molecule has 0 radical (unpaired) electrons. The molecule has 0 fully saturated rings. The van der Waals surface area contributed by atoms with Crippen LogP contribution < -0.4 is 0 Å². The van der Waals surface area contributed by atoms with E-state index in [-0.39, 0.29) is 70.7 Å². The third-order valence-corrected chi connectivity index (χ3v) is 2.67. The third-order valence-electron chi connectivity index (χ3n) is 1.37. The summed E-state index contributed by atoms with van der Waals surface area (Å²) in [4.78, 5) is 0.164. The molecule has 0 saturated carbocycles. The SMILES string of the molecule is C.C=CCOS(=O)(=O)c1ccccc1.[Ba+2].[H-].[H-]. The predicted molar refractivity (Wildman–Crippen MR) is 64.5 cm³/mol. The molecule has 0 aromatic heterocycles. The van der Waals surface area contributed by atoms with E-state index in [0.717, 1.165) is 0 Å². The molecule has 0 aliphatic rings. The van der Waals surface area contributed by atoms with Crippen molar-refractivity contribution in [3.8, 4) is 0 Å². The molecule has 0 aliphatic heterocycles. The van der Waals surface area contributed by atoms with Gasteiger partial charge in [-0.3, -0.25) is 4.18 Å². The summed E-state index contributed by atoms with van der Waals surface area (Å²) in [5, 5.41) is 0. The summed E-state index contributed by atoms with van der Waals surface area (Å²) in [5.74, 6) is 0. The van der Waals surface area contributed by atoms with E-state index < -0.39 is 10.1 Å². The van der Waals surface area contributed by atoms with Crippen LogP contribution in [0.2, 0.25) is 0 Å². The van der Waals surface area contributed by atoms with Crippen molar-refractivity contribution in [2.45, 2.75) is 12.3 Å². The second kappa shape index (κ2) is 8.58. The Hall–Kier alpha value is 0.441. The Morgan fingerprint density at radius 3 is 2.33 bits per heavy atom. The van der Waals surface area contributed by atoms with Gasteiger partial charge < -0.3 is 2.85 Å². The summed E-state index contributed by atoms with van der Waals surface area (Å²) in [7, 11) is -3.59. The van der Waals surface area contributed by atoms with Gasteiger partial charge in [0.05, 0.1) is 11.5 Å². The van der Waals surface area contributed by atoms with Gasteiger partial charge in [-0.15, -0.1) is 6.58 Å². The molecule has 0 N–H and O–H groups in total. The molecule has 0 heterocycles. The molecule has 1 aromatic rings. The van der Waals surface area contributed by atoms with Gasteiger partial charge in [0.1, 0.15) is 0 Å². The fraction of sp³-hybridized carbons (Fsp3) is 0.200. The van der Waals surface area contributed by atoms with Gasteiger partial charge in [-0.05, 0) is 12.1 Å². The molecule has 0 amide bonds. The molecule has 0 aliphatic carbocycles. The molecule has 0 saturated heterocycles. The number of hydrogen-bond donors (Lipinski definition) is 0. The summed E-state index contributed by atoms with van der Waals surface area (Å²) < 4.78 is 27.3. The summed E-state index contributed by atoms with van der Waals surface area (Å²) in [6.07, 6.45) is 1.39. The zero-order valence-electron chi connectivity index (χ0n) is 9.72. The molecule has 0 unspecified atom stereocenters. The summed E-state index contributed by atoms with van der Waals surface area (Å²) in [6.45, 7) is 3.37. The standard InChI is InChI=1S/C9H10O3S.CH4.Ba.2H/c1-2-8-12-13(10,11)9-6-4-3-5-7-9;;;;/h2-7H,1,8H2;1H4;;;/q;;+2;2*-1. The van der Waals surface area contributed by atoms with Crippen molar-refractivity contribution in [3.05, 3.63) is 43.0 Å². The predicted octanol–water partition coefficient (Wildman–Crippen LogP) is 2.06. The van der Waals surface area contributed by atoms with E-state index >= 15 is 0 Å². The summed E-state index contributed by atoms with van der Waals surface area (Å²) in [6, 6.07) is 8.00. The van der Waals surface area contributed by atoms with Gasteiger partial charge in [0.25, 0.3) is 10.1 Å². The Morgan fingerprint density at radius 1 is 1.33 bits per heavy atom. The first-order valence-electron chi connectivity index (χ1n) is 3.72. The Balaban J connectivity index is -0.000000211. The topological polar surface area (TPSA) is 43.4 Å². The molecule has 0 atom stereocenters. The van der Waals surface area contributed by atoms with Crippen LogP contribution in [-0.4, -0.2) is 63.9 Å². The third kappa shape index (κ3) is 5.91. The molecule has 0 bridgehead atoms. The van der Waals surface area contributed by atoms with E-state index in [1.165, 1.54) is 18.2 Å². The minimum absolute atomic E-state index is 0. The summed E-state index contributed by atoms with van der Waals surface area (Å²) >= 11 is 0. The van der Waals surface area contributed by atoms with Crippen molar-refractivity contribution in [2.75, 3.05) is 6.61 Å². The van der Waals surface area contributed by atoms with Crippen molar-refractivity contribution in [1.29, 1.82) is 0 Å². The molecule has 3 nitrogen and oxygen atoms in total. The van der Waals surface area contributed by atoms with Crippen molar-refractivity contribution in [3.63, 3.8) is 0 Å². The van der Waals surface area contributed by atoms with Crippen LogP contribution >= 0.6 is 0 Å². The van der Waals surface area contributed by atoms with Crippen molar-refractivity contribution in [2.24, 2.45) is 0 Å². The number of hydrogen-bond acceptors (Lipinski definition) is 3. The van der Waals surface area contributed by atoms with E-state index in [4.69, 9.17) is 0 Å². The first-order valence-corrected chi connectivity index (χ1v) is 5.13. The summed E-state index contributed by atoms with van der Waals surface area (Å²) in [5.41, 5.74) is 0. The Bertz CT molecular complexity index is 382. The van der Waals surface area contributed by atoms with Crippen molar-refractivity contribution < 1.29 is 15.5 Å².